The number of carbonyl (C=O) groups is 1. The smallest absolute Gasteiger partial charge is 0.244 e. The minimum atomic E-state index is -0.131. The molecule has 0 bridgehead atoms. The lowest BCUT2D eigenvalue weighted by atomic mass is 10.1. The van der Waals surface area contributed by atoms with Gasteiger partial charge in [0.05, 0.1) is 12.8 Å². The molecule has 1 aromatic rings. The van der Waals surface area contributed by atoms with E-state index in [4.69, 9.17) is 5.11 Å². The molecule has 17 heavy (non-hydrogen) atoms. The highest BCUT2D eigenvalue weighted by atomic mass is 16.3. The van der Waals surface area contributed by atoms with Crippen LogP contribution < -0.4 is 5.32 Å². The number of amides is 1. The summed E-state index contributed by atoms with van der Waals surface area (Å²) < 4.78 is 1.68. The number of hydrogen-bond donors (Lipinski definition) is 2. The Morgan fingerprint density at radius 1 is 1.71 bits per heavy atom. The van der Waals surface area contributed by atoms with E-state index < -0.39 is 0 Å². The molecule has 92 valence electrons. The molecule has 1 aliphatic carbocycles. The molecule has 1 aliphatic rings. The van der Waals surface area contributed by atoms with Crippen LogP contribution >= 0.6 is 0 Å². The number of nitrogens with zero attached hydrogens (tertiary/aromatic N) is 2. The van der Waals surface area contributed by atoms with Crippen LogP contribution in [0.15, 0.2) is 18.5 Å². The number of carbonyl (C=O) groups excluding carboxylic acids is 1. The van der Waals surface area contributed by atoms with Gasteiger partial charge in [-0.2, -0.15) is 5.10 Å². The maximum absolute atomic E-state index is 11.5. The summed E-state index contributed by atoms with van der Waals surface area (Å²) >= 11 is 0. The molecule has 1 aromatic heterocycles. The fourth-order valence-corrected chi connectivity index (χ4v) is 1.60. The van der Waals surface area contributed by atoms with E-state index in [2.05, 4.69) is 10.4 Å². The zero-order valence-corrected chi connectivity index (χ0v) is 9.89. The second-order valence-corrected chi connectivity index (χ2v) is 4.66. The summed E-state index contributed by atoms with van der Waals surface area (Å²) in [7, 11) is 1.83. The fraction of sp³-hybridized carbons (Fsp3) is 0.500. The Bertz CT molecular complexity index is 433. The molecule has 5 heteroatoms. The van der Waals surface area contributed by atoms with Gasteiger partial charge in [-0.05, 0) is 18.9 Å². The molecular weight excluding hydrogens is 218 g/mol. The summed E-state index contributed by atoms with van der Waals surface area (Å²) in [4.78, 5) is 11.5. The monoisotopic (exact) mass is 235 g/mol. The SMILES string of the molecule is Cn1cc(/C=C/C(=O)NCC2(CO)CC2)cn1. The average Bonchev–Trinajstić information content (AvgIpc) is 3.00. The molecular formula is C12H17N3O2. The fourth-order valence-electron chi connectivity index (χ4n) is 1.60. The molecule has 1 amide bonds. The third-order valence-corrected chi connectivity index (χ3v) is 3.08. The molecule has 0 aliphatic heterocycles. The summed E-state index contributed by atoms with van der Waals surface area (Å²) in [6.45, 7) is 0.708. The summed E-state index contributed by atoms with van der Waals surface area (Å²) in [5.74, 6) is -0.131. The number of nitrogens with one attached hydrogen (secondary N) is 1. The Kier molecular flexibility index (Phi) is 3.28. The first-order chi connectivity index (χ1) is 8.13. The van der Waals surface area contributed by atoms with Crippen LogP contribution in [0.1, 0.15) is 18.4 Å². The molecule has 0 aromatic carbocycles. The molecule has 0 atom stereocenters. The van der Waals surface area contributed by atoms with Gasteiger partial charge in [0.15, 0.2) is 0 Å². The Balaban J connectivity index is 1.79. The van der Waals surface area contributed by atoms with Crippen LogP contribution in [-0.2, 0) is 11.8 Å². The van der Waals surface area contributed by atoms with Crippen LogP contribution in [0.25, 0.3) is 6.08 Å². The van der Waals surface area contributed by atoms with Crippen molar-refractivity contribution >= 4 is 12.0 Å². The number of aromatic nitrogens is 2. The van der Waals surface area contributed by atoms with Gasteiger partial charge in [0, 0.05) is 36.8 Å². The van der Waals surface area contributed by atoms with Crippen molar-refractivity contribution < 1.29 is 9.90 Å². The summed E-state index contributed by atoms with van der Waals surface area (Å²) in [6, 6.07) is 0. The Morgan fingerprint density at radius 3 is 3.00 bits per heavy atom. The van der Waals surface area contributed by atoms with Crippen molar-refractivity contribution in [2.24, 2.45) is 12.5 Å². The topological polar surface area (TPSA) is 67.2 Å². The van der Waals surface area contributed by atoms with E-state index in [9.17, 15) is 4.79 Å². The highest BCUT2D eigenvalue weighted by molar-refractivity contribution is 5.91. The number of rotatable bonds is 5. The van der Waals surface area contributed by atoms with Crippen molar-refractivity contribution in [1.82, 2.24) is 15.1 Å². The van der Waals surface area contributed by atoms with Gasteiger partial charge < -0.3 is 10.4 Å². The van der Waals surface area contributed by atoms with Crippen LogP contribution in [0.3, 0.4) is 0 Å². The molecule has 1 heterocycles. The second kappa shape index (κ2) is 4.71. The standard InChI is InChI=1S/C12H17N3O2/c1-15-7-10(6-14-15)2-3-11(17)13-8-12(9-16)4-5-12/h2-3,6-7,16H,4-5,8-9H2,1H3,(H,13,17)/b3-2+. The van der Waals surface area contributed by atoms with Crippen LogP contribution in [0.2, 0.25) is 0 Å². The van der Waals surface area contributed by atoms with Gasteiger partial charge in [-0.15, -0.1) is 0 Å². The number of aliphatic hydroxyl groups is 1. The highest BCUT2D eigenvalue weighted by Gasteiger charge is 2.41. The molecule has 0 spiro atoms. The maximum atomic E-state index is 11.5. The van der Waals surface area contributed by atoms with Crippen LogP contribution in [0.4, 0.5) is 0 Å². The minimum Gasteiger partial charge on any atom is -0.396 e. The Morgan fingerprint density at radius 2 is 2.47 bits per heavy atom. The van der Waals surface area contributed by atoms with Gasteiger partial charge in [-0.3, -0.25) is 9.48 Å². The van der Waals surface area contributed by atoms with Gasteiger partial charge >= 0.3 is 0 Å². The minimum absolute atomic E-state index is 0.0438. The summed E-state index contributed by atoms with van der Waals surface area (Å²) in [5, 5.41) is 15.9. The van der Waals surface area contributed by atoms with Crippen LogP contribution in [0, 0.1) is 5.41 Å². The largest absolute Gasteiger partial charge is 0.396 e. The van der Waals surface area contributed by atoms with Crippen molar-refractivity contribution in [3.8, 4) is 0 Å². The van der Waals surface area contributed by atoms with Gasteiger partial charge in [0.2, 0.25) is 5.91 Å². The van der Waals surface area contributed by atoms with Crippen molar-refractivity contribution in [3.05, 3.63) is 24.0 Å². The summed E-state index contributed by atoms with van der Waals surface area (Å²) in [6.07, 6.45) is 8.73. The molecule has 1 saturated carbocycles. The van der Waals surface area contributed by atoms with E-state index in [0.717, 1.165) is 18.4 Å². The van der Waals surface area contributed by atoms with Crippen molar-refractivity contribution in [2.45, 2.75) is 12.8 Å². The number of aliphatic hydroxyl groups excluding tert-OH is 1. The molecule has 0 radical (unpaired) electrons. The predicted octanol–water partition coefficient (Wildman–Crippen LogP) is 0.322. The van der Waals surface area contributed by atoms with Gasteiger partial charge in [-0.25, -0.2) is 0 Å². The maximum Gasteiger partial charge on any atom is 0.244 e. The van der Waals surface area contributed by atoms with E-state index in [-0.39, 0.29) is 17.9 Å². The van der Waals surface area contributed by atoms with Gasteiger partial charge in [0.1, 0.15) is 0 Å². The predicted molar refractivity (Wildman–Crippen MR) is 64.0 cm³/mol. The summed E-state index contributed by atoms with van der Waals surface area (Å²) in [5.41, 5.74) is 0.851. The third kappa shape index (κ3) is 3.17. The van der Waals surface area contributed by atoms with Crippen LogP contribution in [0.5, 0.6) is 0 Å². The zero-order chi connectivity index (χ0) is 12.3. The third-order valence-electron chi connectivity index (χ3n) is 3.08. The Hall–Kier alpha value is -1.62. The van der Waals surface area contributed by atoms with E-state index in [1.165, 1.54) is 6.08 Å². The molecule has 0 unspecified atom stereocenters. The number of aryl methyl sites for hydroxylation is 1. The van der Waals surface area contributed by atoms with E-state index in [1.54, 1.807) is 17.0 Å². The van der Waals surface area contributed by atoms with E-state index in [0.29, 0.717) is 6.54 Å². The lowest BCUT2D eigenvalue weighted by molar-refractivity contribution is -0.116. The van der Waals surface area contributed by atoms with E-state index in [1.807, 2.05) is 13.2 Å². The van der Waals surface area contributed by atoms with Gasteiger partial charge in [0.25, 0.3) is 0 Å². The first kappa shape index (κ1) is 11.9. The zero-order valence-electron chi connectivity index (χ0n) is 9.89. The van der Waals surface area contributed by atoms with Crippen LogP contribution in [-0.4, -0.2) is 33.9 Å². The number of hydrogen-bond acceptors (Lipinski definition) is 3. The average molecular weight is 235 g/mol. The first-order valence-corrected chi connectivity index (χ1v) is 5.69. The van der Waals surface area contributed by atoms with E-state index >= 15 is 0 Å². The van der Waals surface area contributed by atoms with Gasteiger partial charge in [-0.1, -0.05) is 0 Å². The lowest BCUT2D eigenvalue weighted by Crippen LogP contribution is -2.30. The second-order valence-electron chi connectivity index (χ2n) is 4.66. The first-order valence-electron chi connectivity index (χ1n) is 5.69. The molecule has 2 N–H and O–H groups in total. The Labute approximate surface area is 100 Å². The molecule has 0 saturated heterocycles. The van der Waals surface area contributed by atoms with Crippen molar-refractivity contribution in [3.63, 3.8) is 0 Å². The van der Waals surface area contributed by atoms with Crippen molar-refractivity contribution in [1.29, 1.82) is 0 Å². The quantitative estimate of drug-likeness (QED) is 0.722. The van der Waals surface area contributed by atoms with Crippen molar-refractivity contribution in [2.75, 3.05) is 13.2 Å². The highest BCUT2D eigenvalue weighted by Crippen LogP contribution is 2.44. The molecule has 5 nitrogen and oxygen atoms in total. The molecule has 1 fully saturated rings. The normalized spacial score (nSPS) is 17.3. The lowest BCUT2D eigenvalue weighted by Gasteiger charge is -2.10. The molecule has 2 rings (SSSR count).